The Bertz CT molecular complexity index is 605. The molecular weight excluding hydrogens is 315 g/mol. The standard InChI is InChI=1S/C14H20ClFN2O2S/c1-4-5-6-7-18(3)21(19,20)13-9-12(15)8-11(10-17-2)14(13)16/h4,8-9,17H,1,5-7,10H2,2-3H3. The molecule has 0 bridgehead atoms. The second-order valence-electron chi connectivity index (χ2n) is 4.66. The lowest BCUT2D eigenvalue weighted by Gasteiger charge is -2.18. The van der Waals surface area contributed by atoms with E-state index in [9.17, 15) is 12.8 Å². The van der Waals surface area contributed by atoms with Crippen molar-refractivity contribution >= 4 is 21.6 Å². The maximum absolute atomic E-state index is 14.4. The zero-order valence-electron chi connectivity index (χ0n) is 12.2. The molecular formula is C14H20ClFN2O2S. The fraction of sp³-hybridized carbons (Fsp3) is 0.429. The van der Waals surface area contributed by atoms with E-state index in [0.29, 0.717) is 19.4 Å². The number of hydrogen-bond acceptors (Lipinski definition) is 3. The van der Waals surface area contributed by atoms with Gasteiger partial charge in [0, 0.05) is 30.7 Å². The van der Waals surface area contributed by atoms with Gasteiger partial charge in [-0.3, -0.25) is 0 Å². The van der Waals surface area contributed by atoms with Crippen molar-refractivity contribution in [1.29, 1.82) is 0 Å². The summed E-state index contributed by atoms with van der Waals surface area (Å²) in [5.74, 6) is -0.760. The van der Waals surface area contributed by atoms with Gasteiger partial charge in [0.05, 0.1) is 0 Å². The van der Waals surface area contributed by atoms with Crippen LogP contribution < -0.4 is 5.32 Å². The average molecular weight is 335 g/mol. The van der Waals surface area contributed by atoms with Crippen LogP contribution >= 0.6 is 11.6 Å². The Labute approximate surface area is 130 Å². The molecule has 7 heteroatoms. The molecule has 1 aromatic rings. The van der Waals surface area contributed by atoms with Gasteiger partial charge in [-0.25, -0.2) is 17.1 Å². The van der Waals surface area contributed by atoms with Gasteiger partial charge in [-0.2, -0.15) is 0 Å². The molecule has 1 rings (SSSR count). The molecule has 0 spiro atoms. The Morgan fingerprint density at radius 3 is 2.71 bits per heavy atom. The molecule has 0 radical (unpaired) electrons. The predicted octanol–water partition coefficient (Wildman–Crippen LogP) is 2.79. The number of allylic oxidation sites excluding steroid dienone is 1. The minimum atomic E-state index is -3.90. The SMILES string of the molecule is C=CCCCN(C)S(=O)(=O)c1cc(Cl)cc(CNC)c1F. The largest absolute Gasteiger partial charge is 0.316 e. The van der Waals surface area contributed by atoms with E-state index in [4.69, 9.17) is 11.6 Å². The average Bonchev–Trinajstić information content (AvgIpc) is 2.42. The van der Waals surface area contributed by atoms with Gasteiger partial charge >= 0.3 is 0 Å². The van der Waals surface area contributed by atoms with Crippen molar-refractivity contribution in [2.45, 2.75) is 24.3 Å². The van der Waals surface area contributed by atoms with E-state index in [1.54, 1.807) is 13.1 Å². The molecule has 0 aromatic heterocycles. The van der Waals surface area contributed by atoms with Crippen LogP contribution in [0.25, 0.3) is 0 Å². The van der Waals surface area contributed by atoms with Crippen LogP contribution in [0.4, 0.5) is 4.39 Å². The van der Waals surface area contributed by atoms with Crippen molar-refractivity contribution in [3.05, 3.63) is 41.2 Å². The minimum absolute atomic E-state index is 0.194. The van der Waals surface area contributed by atoms with E-state index in [1.807, 2.05) is 0 Å². The molecule has 0 saturated carbocycles. The van der Waals surface area contributed by atoms with Gasteiger partial charge in [-0.15, -0.1) is 6.58 Å². The van der Waals surface area contributed by atoms with Gasteiger partial charge in [0.2, 0.25) is 10.0 Å². The number of benzene rings is 1. The van der Waals surface area contributed by atoms with Crippen molar-refractivity contribution in [3.8, 4) is 0 Å². The molecule has 1 aromatic carbocycles. The highest BCUT2D eigenvalue weighted by atomic mass is 35.5. The molecule has 0 aliphatic carbocycles. The molecule has 1 N–H and O–H groups in total. The third kappa shape index (κ3) is 4.51. The van der Waals surface area contributed by atoms with Crippen molar-refractivity contribution < 1.29 is 12.8 Å². The topological polar surface area (TPSA) is 49.4 Å². The quantitative estimate of drug-likeness (QED) is 0.587. The third-order valence-electron chi connectivity index (χ3n) is 3.02. The van der Waals surface area contributed by atoms with Crippen LogP contribution in [0.3, 0.4) is 0 Å². The summed E-state index contributed by atoms with van der Waals surface area (Å²) >= 11 is 5.90. The summed E-state index contributed by atoms with van der Waals surface area (Å²) < 4.78 is 40.4. The number of rotatable bonds is 8. The van der Waals surface area contributed by atoms with Crippen molar-refractivity contribution in [2.75, 3.05) is 20.6 Å². The van der Waals surface area contributed by atoms with Gasteiger partial charge in [0.25, 0.3) is 0 Å². The molecule has 0 heterocycles. The van der Waals surface area contributed by atoms with E-state index in [2.05, 4.69) is 11.9 Å². The Hall–Kier alpha value is -0.950. The van der Waals surface area contributed by atoms with Crippen molar-refractivity contribution in [3.63, 3.8) is 0 Å². The molecule has 0 aliphatic heterocycles. The lowest BCUT2D eigenvalue weighted by atomic mass is 10.2. The fourth-order valence-electron chi connectivity index (χ4n) is 1.87. The van der Waals surface area contributed by atoms with Crippen molar-refractivity contribution in [2.24, 2.45) is 0 Å². The number of hydrogen-bond donors (Lipinski definition) is 1. The normalized spacial score (nSPS) is 11.9. The second-order valence-corrected chi connectivity index (χ2v) is 7.11. The molecule has 4 nitrogen and oxygen atoms in total. The number of unbranched alkanes of at least 4 members (excludes halogenated alkanes) is 1. The Kier molecular flexibility index (Phi) is 6.80. The monoisotopic (exact) mass is 334 g/mol. The number of halogens is 2. The molecule has 21 heavy (non-hydrogen) atoms. The van der Waals surface area contributed by atoms with Crippen LogP contribution in [0.15, 0.2) is 29.7 Å². The van der Waals surface area contributed by atoms with Crippen LogP contribution in [0.5, 0.6) is 0 Å². The highest BCUT2D eigenvalue weighted by molar-refractivity contribution is 7.89. The smallest absolute Gasteiger partial charge is 0.245 e. The predicted molar refractivity (Wildman–Crippen MR) is 83.4 cm³/mol. The molecule has 0 saturated heterocycles. The first kappa shape index (κ1) is 18.1. The van der Waals surface area contributed by atoms with Crippen LogP contribution in [0.2, 0.25) is 5.02 Å². The number of nitrogens with one attached hydrogen (secondary N) is 1. The zero-order chi connectivity index (χ0) is 16.0. The first-order chi connectivity index (χ1) is 9.84. The van der Waals surface area contributed by atoms with Gasteiger partial charge in [0.1, 0.15) is 10.7 Å². The Morgan fingerprint density at radius 1 is 1.48 bits per heavy atom. The summed E-state index contributed by atoms with van der Waals surface area (Å²) in [5.41, 5.74) is 0.225. The fourth-order valence-corrected chi connectivity index (χ4v) is 3.52. The highest BCUT2D eigenvalue weighted by Crippen LogP contribution is 2.26. The van der Waals surface area contributed by atoms with Crippen LogP contribution in [-0.2, 0) is 16.6 Å². The Balaban J connectivity index is 3.15. The zero-order valence-corrected chi connectivity index (χ0v) is 13.8. The van der Waals surface area contributed by atoms with Crippen LogP contribution in [-0.4, -0.2) is 33.4 Å². The van der Waals surface area contributed by atoms with Crippen LogP contribution in [0.1, 0.15) is 18.4 Å². The lowest BCUT2D eigenvalue weighted by molar-refractivity contribution is 0.455. The summed E-state index contributed by atoms with van der Waals surface area (Å²) in [6.07, 6.45) is 3.04. The number of sulfonamides is 1. The molecule has 0 aliphatic rings. The van der Waals surface area contributed by atoms with Gasteiger partial charge < -0.3 is 5.32 Å². The van der Waals surface area contributed by atoms with E-state index in [-0.39, 0.29) is 22.0 Å². The Morgan fingerprint density at radius 2 is 2.14 bits per heavy atom. The van der Waals surface area contributed by atoms with Gasteiger partial charge in [-0.1, -0.05) is 17.7 Å². The maximum Gasteiger partial charge on any atom is 0.245 e. The summed E-state index contributed by atoms with van der Waals surface area (Å²) in [6, 6.07) is 2.57. The maximum atomic E-state index is 14.4. The van der Waals surface area contributed by atoms with Gasteiger partial charge in [0.15, 0.2) is 0 Å². The molecule has 0 amide bonds. The third-order valence-corrected chi connectivity index (χ3v) is 5.09. The minimum Gasteiger partial charge on any atom is -0.316 e. The molecule has 0 fully saturated rings. The van der Waals surface area contributed by atoms with E-state index < -0.39 is 15.8 Å². The number of nitrogens with zero attached hydrogens (tertiary/aromatic N) is 1. The van der Waals surface area contributed by atoms with E-state index >= 15 is 0 Å². The molecule has 0 unspecified atom stereocenters. The molecule has 118 valence electrons. The summed E-state index contributed by atoms with van der Waals surface area (Å²) in [6.45, 7) is 4.08. The first-order valence-corrected chi connectivity index (χ1v) is 8.36. The second kappa shape index (κ2) is 7.89. The molecule has 0 atom stereocenters. The summed E-state index contributed by atoms with van der Waals surface area (Å²) in [7, 11) is -0.826. The van der Waals surface area contributed by atoms with E-state index in [1.165, 1.54) is 13.1 Å². The first-order valence-electron chi connectivity index (χ1n) is 6.54. The van der Waals surface area contributed by atoms with Gasteiger partial charge in [-0.05, 0) is 32.0 Å². The summed E-state index contributed by atoms with van der Waals surface area (Å²) in [4.78, 5) is -0.388. The van der Waals surface area contributed by atoms with Crippen molar-refractivity contribution in [1.82, 2.24) is 9.62 Å². The van der Waals surface area contributed by atoms with E-state index in [0.717, 1.165) is 10.4 Å². The lowest BCUT2D eigenvalue weighted by Crippen LogP contribution is -2.29. The highest BCUT2D eigenvalue weighted by Gasteiger charge is 2.26. The summed E-state index contributed by atoms with van der Waals surface area (Å²) in [5, 5.41) is 2.98. The van der Waals surface area contributed by atoms with Crippen LogP contribution in [0, 0.1) is 5.82 Å².